The van der Waals surface area contributed by atoms with Gasteiger partial charge in [-0.25, -0.2) is 13.8 Å². The maximum Gasteiger partial charge on any atom is 0.266 e. The molecule has 0 aliphatic rings. The summed E-state index contributed by atoms with van der Waals surface area (Å²) in [5.74, 6) is -1.60. The summed E-state index contributed by atoms with van der Waals surface area (Å²) in [6.45, 7) is 0. The SMILES string of the molecule is CSc1nc2ncc3c(=O)n(-c4ccc(F)c(F)c4)ccc3n2n1. The van der Waals surface area contributed by atoms with Crippen molar-refractivity contribution in [3.05, 3.63) is 58.6 Å². The van der Waals surface area contributed by atoms with E-state index >= 15 is 0 Å². The summed E-state index contributed by atoms with van der Waals surface area (Å²) in [5, 5.41) is 5.12. The van der Waals surface area contributed by atoms with E-state index in [9.17, 15) is 13.6 Å². The van der Waals surface area contributed by atoms with Crippen molar-refractivity contribution in [3.8, 4) is 5.69 Å². The van der Waals surface area contributed by atoms with Crippen LogP contribution in [0, 0.1) is 11.6 Å². The lowest BCUT2D eigenvalue weighted by atomic mass is 10.2. The molecule has 6 nitrogen and oxygen atoms in total. The summed E-state index contributed by atoms with van der Waals surface area (Å²) in [6.07, 6.45) is 4.73. The first kappa shape index (κ1) is 14.8. The van der Waals surface area contributed by atoms with Crippen LogP contribution in [0.5, 0.6) is 0 Å². The fourth-order valence-electron chi connectivity index (χ4n) is 2.43. The number of hydrogen-bond donors (Lipinski definition) is 0. The van der Waals surface area contributed by atoms with Gasteiger partial charge in [-0.3, -0.25) is 9.36 Å². The number of nitrogens with zero attached hydrogens (tertiary/aromatic N) is 5. The lowest BCUT2D eigenvalue weighted by molar-refractivity contribution is 0.508. The van der Waals surface area contributed by atoms with Gasteiger partial charge in [0.2, 0.25) is 5.16 Å². The first-order valence-electron chi connectivity index (χ1n) is 6.85. The van der Waals surface area contributed by atoms with Crippen LogP contribution in [0.1, 0.15) is 0 Å². The molecule has 0 radical (unpaired) electrons. The molecule has 0 aliphatic heterocycles. The Morgan fingerprint density at radius 2 is 2.00 bits per heavy atom. The predicted octanol–water partition coefficient (Wildman–Crippen LogP) is 2.43. The number of aromatic nitrogens is 5. The van der Waals surface area contributed by atoms with Gasteiger partial charge in [0, 0.05) is 18.5 Å². The van der Waals surface area contributed by atoms with Gasteiger partial charge in [-0.05, 0) is 24.5 Å². The second-order valence-corrected chi connectivity index (χ2v) is 5.73. The van der Waals surface area contributed by atoms with Crippen LogP contribution in [0.15, 0.2) is 46.6 Å². The van der Waals surface area contributed by atoms with E-state index in [1.807, 2.05) is 6.26 Å². The van der Waals surface area contributed by atoms with Crippen molar-refractivity contribution in [1.82, 2.24) is 24.1 Å². The molecule has 3 aromatic heterocycles. The topological polar surface area (TPSA) is 65.1 Å². The third-order valence-electron chi connectivity index (χ3n) is 3.58. The molecule has 0 saturated carbocycles. The quantitative estimate of drug-likeness (QED) is 0.522. The smallest absolute Gasteiger partial charge is 0.266 e. The van der Waals surface area contributed by atoms with Crippen molar-refractivity contribution in [2.24, 2.45) is 0 Å². The Balaban J connectivity index is 1.99. The zero-order chi connectivity index (χ0) is 16.8. The Hall–Kier alpha value is -2.81. The van der Waals surface area contributed by atoms with Crippen molar-refractivity contribution in [1.29, 1.82) is 0 Å². The van der Waals surface area contributed by atoms with Gasteiger partial charge in [-0.1, -0.05) is 11.8 Å². The van der Waals surface area contributed by atoms with E-state index in [1.54, 1.807) is 6.07 Å². The van der Waals surface area contributed by atoms with E-state index in [1.165, 1.54) is 39.3 Å². The fraction of sp³-hybridized carbons (Fsp3) is 0.0667. The molecule has 3 heterocycles. The summed E-state index contributed by atoms with van der Waals surface area (Å²) >= 11 is 1.37. The average Bonchev–Trinajstić information content (AvgIpc) is 3.01. The molecule has 0 N–H and O–H groups in total. The zero-order valence-corrected chi connectivity index (χ0v) is 13.1. The summed E-state index contributed by atoms with van der Waals surface area (Å²) in [7, 11) is 0. The molecule has 0 bridgehead atoms. The number of pyridine rings is 1. The van der Waals surface area contributed by atoms with Crippen LogP contribution in [0.3, 0.4) is 0 Å². The standard InChI is InChI=1S/C15H9F2N5OS/c1-24-15-19-14-18-7-9-12(22(14)20-15)4-5-21(13(9)23)8-2-3-10(16)11(17)6-8/h2-7H,1H3. The zero-order valence-electron chi connectivity index (χ0n) is 12.3. The lowest BCUT2D eigenvalue weighted by Gasteiger charge is -2.08. The third kappa shape index (κ3) is 2.16. The number of hydrogen-bond acceptors (Lipinski definition) is 5. The molecular formula is C15H9F2N5OS. The molecule has 4 rings (SSSR count). The molecule has 24 heavy (non-hydrogen) atoms. The summed E-state index contributed by atoms with van der Waals surface area (Å²) in [4.78, 5) is 21.0. The van der Waals surface area contributed by atoms with Crippen LogP contribution in [0.25, 0.3) is 22.4 Å². The highest BCUT2D eigenvalue weighted by atomic mass is 32.2. The van der Waals surface area contributed by atoms with Gasteiger partial charge < -0.3 is 0 Å². The van der Waals surface area contributed by atoms with Gasteiger partial charge in [0.05, 0.1) is 16.6 Å². The molecule has 4 aromatic rings. The average molecular weight is 345 g/mol. The monoisotopic (exact) mass is 345 g/mol. The molecule has 0 atom stereocenters. The molecule has 0 spiro atoms. The Morgan fingerprint density at radius 1 is 1.17 bits per heavy atom. The summed E-state index contributed by atoms with van der Waals surface area (Å²) in [5.41, 5.74) is 0.357. The van der Waals surface area contributed by atoms with Gasteiger partial charge in [0.25, 0.3) is 11.3 Å². The molecule has 120 valence electrons. The molecule has 0 aliphatic carbocycles. The maximum absolute atomic E-state index is 13.4. The molecule has 0 amide bonds. The van der Waals surface area contributed by atoms with Crippen LogP contribution >= 0.6 is 11.8 Å². The van der Waals surface area contributed by atoms with Crippen LogP contribution in [-0.4, -0.2) is 30.4 Å². The fourth-order valence-corrected chi connectivity index (χ4v) is 2.76. The van der Waals surface area contributed by atoms with Gasteiger partial charge in [0.15, 0.2) is 11.6 Å². The minimum atomic E-state index is -1.02. The minimum Gasteiger partial charge on any atom is -0.284 e. The Morgan fingerprint density at radius 3 is 2.75 bits per heavy atom. The van der Waals surface area contributed by atoms with E-state index < -0.39 is 17.2 Å². The third-order valence-corrected chi connectivity index (χ3v) is 4.12. The highest BCUT2D eigenvalue weighted by molar-refractivity contribution is 7.98. The largest absolute Gasteiger partial charge is 0.284 e. The molecule has 1 aromatic carbocycles. The second kappa shape index (κ2) is 5.38. The number of benzene rings is 1. The Labute approximate surface area is 137 Å². The molecule has 0 saturated heterocycles. The van der Waals surface area contributed by atoms with E-state index in [0.717, 1.165) is 12.1 Å². The van der Waals surface area contributed by atoms with Crippen molar-refractivity contribution in [2.75, 3.05) is 6.26 Å². The van der Waals surface area contributed by atoms with Crippen molar-refractivity contribution < 1.29 is 8.78 Å². The van der Waals surface area contributed by atoms with E-state index in [-0.39, 0.29) is 5.69 Å². The Bertz CT molecular complexity index is 1150. The molecule has 0 unspecified atom stereocenters. The van der Waals surface area contributed by atoms with Crippen molar-refractivity contribution >= 4 is 28.4 Å². The minimum absolute atomic E-state index is 0.226. The van der Waals surface area contributed by atoms with E-state index in [2.05, 4.69) is 15.1 Å². The van der Waals surface area contributed by atoms with Crippen LogP contribution in [0.4, 0.5) is 8.78 Å². The Kier molecular flexibility index (Phi) is 3.31. The first-order valence-corrected chi connectivity index (χ1v) is 8.07. The second-order valence-electron chi connectivity index (χ2n) is 4.96. The number of thioether (sulfide) groups is 1. The van der Waals surface area contributed by atoms with Gasteiger partial charge >= 0.3 is 0 Å². The number of fused-ring (bicyclic) bond motifs is 3. The maximum atomic E-state index is 13.4. The highest BCUT2D eigenvalue weighted by Gasteiger charge is 2.12. The van der Waals surface area contributed by atoms with Crippen molar-refractivity contribution in [2.45, 2.75) is 5.16 Å². The number of halogens is 2. The summed E-state index contributed by atoms with van der Waals surface area (Å²) < 4.78 is 29.2. The molecule has 0 fully saturated rings. The first-order chi connectivity index (χ1) is 11.6. The van der Waals surface area contributed by atoms with Crippen LogP contribution in [0.2, 0.25) is 0 Å². The van der Waals surface area contributed by atoms with Gasteiger partial charge in [-0.15, -0.1) is 5.10 Å². The normalized spacial score (nSPS) is 11.5. The van der Waals surface area contributed by atoms with E-state index in [4.69, 9.17) is 0 Å². The van der Waals surface area contributed by atoms with E-state index in [0.29, 0.717) is 21.8 Å². The number of rotatable bonds is 2. The van der Waals surface area contributed by atoms with Crippen LogP contribution < -0.4 is 5.56 Å². The predicted molar refractivity (Wildman–Crippen MR) is 85.6 cm³/mol. The van der Waals surface area contributed by atoms with Gasteiger partial charge in [-0.2, -0.15) is 9.50 Å². The lowest BCUT2D eigenvalue weighted by Crippen LogP contribution is -2.19. The molecule has 9 heteroatoms. The molecular weight excluding hydrogens is 336 g/mol. The summed E-state index contributed by atoms with van der Waals surface area (Å²) in [6, 6.07) is 4.94. The van der Waals surface area contributed by atoms with Gasteiger partial charge in [0.1, 0.15) is 0 Å². The van der Waals surface area contributed by atoms with Crippen molar-refractivity contribution in [3.63, 3.8) is 0 Å². The van der Waals surface area contributed by atoms with Crippen LogP contribution in [-0.2, 0) is 0 Å². The highest BCUT2D eigenvalue weighted by Crippen LogP contribution is 2.16.